The van der Waals surface area contributed by atoms with Crippen molar-refractivity contribution in [1.82, 2.24) is 5.48 Å². The van der Waals surface area contributed by atoms with Crippen LogP contribution in [0.4, 0.5) is 13.2 Å². The Morgan fingerprint density at radius 1 is 1.67 bits per heavy atom. The number of carboxylic acids is 1. The summed E-state index contributed by atoms with van der Waals surface area (Å²) in [6.07, 6.45) is -4.89. The third-order valence-corrected chi connectivity index (χ3v) is 1.16. The first-order valence-electron chi connectivity index (χ1n) is 2.70. The van der Waals surface area contributed by atoms with E-state index in [2.05, 4.69) is 17.5 Å². The molecule has 0 aromatic rings. The zero-order valence-electron chi connectivity index (χ0n) is 5.63. The van der Waals surface area contributed by atoms with Crippen LogP contribution in [-0.4, -0.2) is 29.2 Å². The van der Waals surface area contributed by atoms with Crippen LogP contribution in [0.5, 0.6) is 0 Å². The number of halogens is 3. The third kappa shape index (κ3) is 5.22. The highest BCUT2D eigenvalue weighted by Gasteiger charge is 2.32. The molecule has 0 fully saturated rings. The molecular formula is C4H6F3NO3S. The minimum atomic E-state index is -4.89. The number of carboxylic acid groups (broad SMARTS) is 1. The molecule has 2 N–H and O–H groups in total. The number of rotatable bonds is 4. The van der Waals surface area contributed by atoms with Crippen molar-refractivity contribution in [2.75, 3.05) is 5.75 Å². The Morgan fingerprint density at radius 2 is 2.17 bits per heavy atom. The minimum Gasteiger partial charge on any atom is -0.480 e. The van der Waals surface area contributed by atoms with Gasteiger partial charge >= 0.3 is 12.3 Å². The van der Waals surface area contributed by atoms with E-state index < -0.39 is 18.4 Å². The van der Waals surface area contributed by atoms with Gasteiger partial charge in [-0.2, -0.15) is 18.1 Å². The summed E-state index contributed by atoms with van der Waals surface area (Å²) >= 11 is 3.49. The summed E-state index contributed by atoms with van der Waals surface area (Å²) in [7, 11) is 0. The van der Waals surface area contributed by atoms with Gasteiger partial charge in [0.05, 0.1) is 0 Å². The molecule has 0 aromatic heterocycles. The highest BCUT2D eigenvalue weighted by atomic mass is 32.1. The molecule has 0 saturated heterocycles. The lowest BCUT2D eigenvalue weighted by Crippen LogP contribution is -2.41. The van der Waals surface area contributed by atoms with E-state index in [-0.39, 0.29) is 5.75 Å². The molecule has 0 bridgehead atoms. The first-order chi connectivity index (χ1) is 5.37. The van der Waals surface area contributed by atoms with Crippen LogP contribution in [0.1, 0.15) is 0 Å². The monoisotopic (exact) mass is 205 g/mol. The van der Waals surface area contributed by atoms with Crippen LogP contribution in [0, 0.1) is 0 Å². The Balaban J connectivity index is 3.81. The fourth-order valence-electron chi connectivity index (χ4n) is 0.304. The molecule has 0 unspecified atom stereocenters. The summed E-state index contributed by atoms with van der Waals surface area (Å²) in [5.74, 6) is -1.76. The molecule has 0 amide bonds. The van der Waals surface area contributed by atoms with Crippen molar-refractivity contribution in [3.8, 4) is 0 Å². The van der Waals surface area contributed by atoms with Crippen molar-refractivity contribution in [3.63, 3.8) is 0 Å². The van der Waals surface area contributed by atoms with Gasteiger partial charge in [-0.1, -0.05) is 0 Å². The molecule has 0 aliphatic heterocycles. The molecule has 0 saturated carbocycles. The number of hydrogen-bond acceptors (Lipinski definition) is 4. The zero-order valence-corrected chi connectivity index (χ0v) is 6.52. The van der Waals surface area contributed by atoms with E-state index in [1.807, 2.05) is 0 Å². The standard InChI is InChI=1S/C4H6F3NO3S/c5-4(6,7)11-8-2(1-12)3(9)10/h2,8,12H,1H2,(H,9,10)/t2-/m0/s1. The number of aliphatic carboxylic acids is 1. The van der Waals surface area contributed by atoms with E-state index in [0.717, 1.165) is 0 Å². The molecule has 0 aliphatic carbocycles. The number of thiol groups is 1. The molecule has 1 atom stereocenters. The Labute approximate surface area is 71.1 Å². The molecule has 0 aliphatic rings. The first kappa shape index (κ1) is 11.5. The predicted octanol–water partition coefficient (Wildman–Crippen LogP) is 0.410. The fraction of sp³-hybridized carbons (Fsp3) is 0.750. The van der Waals surface area contributed by atoms with Crippen LogP contribution < -0.4 is 5.48 Å². The first-order valence-corrected chi connectivity index (χ1v) is 3.34. The lowest BCUT2D eigenvalue weighted by atomic mass is 10.4. The summed E-state index contributed by atoms with van der Waals surface area (Å²) in [6, 6.07) is -1.48. The van der Waals surface area contributed by atoms with Gasteiger partial charge < -0.3 is 5.11 Å². The van der Waals surface area contributed by atoms with Crippen molar-refractivity contribution in [3.05, 3.63) is 0 Å². The van der Waals surface area contributed by atoms with Gasteiger partial charge in [-0.05, 0) is 0 Å². The summed E-state index contributed by atoms with van der Waals surface area (Å²) < 4.78 is 33.9. The summed E-state index contributed by atoms with van der Waals surface area (Å²) in [5.41, 5.74) is 1.31. The Kier molecular flexibility index (Phi) is 4.35. The molecule has 12 heavy (non-hydrogen) atoms. The predicted molar refractivity (Wildman–Crippen MR) is 35.6 cm³/mol. The lowest BCUT2D eigenvalue weighted by molar-refractivity contribution is -0.353. The summed E-state index contributed by atoms with van der Waals surface area (Å²) in [6.45, 7) is 0. The highest BCUT2D eigenvalue weighted by molar-refractivity contribution is 7.80. The fourth-order valence-corrected chi connectivity index (χ4v) is 0.534. The van der Waals surface area contributed by atoms with Gasteiger partial charge in [0.2, 0.25) is 0 Å². The molecule has 72 valence electrons. The Morgan fingerprint density at radius 3 is 2.42 bits per heavy atom. The van der Waals surface area contributed by atoms with Gasteiger partial charge in [0, 0.05) is 5.75 Å². The summed E-state index contributed by atoms with van der Waals surface area (Å²) in [4.78, 5) is 13.2. The summed E-state index contributed by atoms with van der Waals surface area (Å²) in [5, 5.41) is 8.21. The van der Waals surface area contributed by atoms with Crippen molar-refractivity contribution < 1.29 is 27.9 Å². The van der Waals surface area contributed by atoms with E-state index in [0.29, 0.717) is 0 Å². The maximum absolute atomic E-state index is 11.3. The average molecular weight is 205 g/mol. The molecule has 0 aromatic carbocycles. The van der Waals surface area contributed by atoms with Crippen molar-refractivity contribution in [2.45, 2.75) is 12.4 Å². The molecule has 0 radical (unpaired) electrons. The smallest absolute Gasteiger partial charge is 0.480 e. The largest absolute Gasteiger partial charge is 0.538 e. The van der Waals surface area contributed by atoms with Gasteiger partial charge in [0.25, 0.3) is 0 Å². The Bertz CT molecular complexity index is 162. The minimum absolute atomic E-state index is 0.300. The van der Waals surface area contributed by atoms with Crippen LogP contribution in [0.3, 0.4) is 0 Å². The number of carbonyl (C=O) groups is 1. The van der Waals surface area contributed by atoms with Crippen molar-refractivity contribution >= 4 is 18.6 Å². The number of alkyl halides is 3. The zero-order chi connectivity index (χ0) is 9.78. The van der Waals surface area contributed by atoms with E-state index in [9.17, 15) is 18.0 Å². The molecule has 4 nitrogen and oxygen atoms in total. The van der Waals surface area contributed by atoms with E-state index in [1.54, 1.807) is 0 Å². The number of hydroxylamine groups is 1. The van der Waals surface area contributed by atoms with E-state index >= 15 is 0 Å². The van der Waals surface area contributed by atoms with Crippen molar-refractivity contribution in [1.29, 1.82) is 0 Å². The quantitative estimate of drug-likeness (QED) is 0.459. The van der Waals surface area contributed by atoms with Crippen LogP contribution in [0.15, 0.2) is 0 Å². The Hall–Kier alpha value is -0.470. The van der Waals surface area contributed by atoms with Crippen LogP contribution in [-0.2, 0) is 9.63 Å². The normalized spacial score (nSPS) is 14.3. The molecular weight excluding hydrogens is 199 g/mol. The molecule has 8 heteroatoms. The maximum Gasteiger partial charge on any atom is 0.538 e. The molecule has 0 heterocycles. The van der Waals surface area contributed by atoms with Gasteiger partial charge in [-0.3, -0.25) is 4.79 Å². The van der Waals surface area contributed by atoms with E-state index in [4.69, 9.17) is 5.11 Å². The highest BCUT2D eigenvalue weighted by Crippen LogP contribution is 2.14. The average Bonchev–Trinajstić information content (AvgIpc) is 1.85. The molecule has 0 rings (SSSR count). The van der Waals surface area contributed by atoms with Gasteiger partial charge in [0.1, 0.15) is 6.04 Å². The van der Waals surface area contributed by atoms with Gasteiger partial charge in [0.15, 0.2) is 0 Å². The van der Waals surface area contributed by atoms with Crippen LogP contribution in [0.25, 0.3) is 0 Å². The molecule has 0 spiro atoms. The lowest BCUT2D eigenvalue weighted by Gasteiger charge is -2.12. The second-order valence-electron chi connectivity index (χ2n) is 1.74. The van der Waals surface area contributed by atoms with Crippen molar-refractivity contribution in [2.24, 2.45) is 0 Å². The topological polar surface area (TPSA) is 58.6 Å². The van der Waals surface area contributed by atoms with Gasteiger partial charge in [-0.15, -0.1) is 13.2 Å². The van der Waals surface area contributed by atoms with E-state index in [1.165, 1.54) is 5.48 Å². The second-order valence-corrected chi connectivity index (χ2v) is 2.10. The third-order valence-electron chi connectivity index (χ3n) is 0.798. The number of nitrogens with one attached hydrogen (secondary N) is 1. The second kappa shape index (κ2) is 4.53. The number of hydrogen-bond donors (Lipinski definition) is 3. The maximum atomic E-state index is 11.3. The van der Waals surface area contributed by atoms with Crippen LogP contribution in [0.2, 0.25) is 0 Å². The van der Waals surface area contributed by atoms with Crippen LogP contribution >= 0.6 is 12.6 Å². The van der Waals surface area contributed by atoms with Gasteiger partial charge in [-0.25, -0.2) is 4.84 Å². The SMILES string of the molecule is O=C(O)[C@H](CS)NOC(F)(F)F.